The molecule has 0 saturated carbocycles. The molecule has 0 N–H and O–H groups in total. The third-order valence-corrected chi connectivity index (χ3v) is 9.37. The van der Waals surface area contributed by atoms with E-state index in [4.69, 9.17) is 8.83 Å². The number of nitrogens with zero attached hydrogens (tertiary/aromatic N) is 1. The maximum Gasteiger partial charge on any atom is 0.136 e. The molecule has 0 saturated heterocycles. The van der Waals surface area contributed by atoms with E-state index in [9.17, 15) is 0 Å². The molecule has 0 aliphatic carbocycles. The molecule has 0 aliphatic rings. The first-order chi connectivity index (χ1) is 23.2. The van der Waals surface area contributed by atoms with Crippen molar-refractivity contribution in [2.75, 3.05) is 4.90 Å². The van der Waals surface area contributed by atoms with Crippen molar-refractivity contribution in [2.45, 2.75) is 0 Å². The lowest BCUT2D eigenvalue weighted by Crippen LogP contribution is -2.09. The Labute approximate surface area is 270 Å². The van der Waals surface area contributed by atoms with E-state index in [0.717, 1.165) is 77.5 Å². The van der Waals surface area contributed by atoms with Gasteiger partial charge in [0.2, 0.25) is 0 Å². The second-order valence-corrected chi connectivity index (χ2v) is 12.2. The van der Waals surface area contributed by atoms with E-state index < -0.39 is 0 Å². The Balaban J connectivity index is 1.09. The first kappa shape index (κ1) is 26.0. The molecule has 10 aromatic rings. The molecule has 0 bridgehead atoms. The number of benzene rings is 8. The van der Waals surface area contributed by atoms with E-state index in [0.29, 0.717) is 0 Å². The number of hydrogen-bond donors (Lipinski definition) is 0. The molecule has 8 aromatic carbocycles. The van der Waals surface area contributed by atoms with Crippen LogP contribution in [0.15, 0.2) is 173 Å². The summed E-state index contributed by atoms with van der Waals surface area (Å²) in [7, 11) is 0. The average Bonchev–Trinajstić information content (AvgIpc) is 3.67. The van der Waals surface area contributed by atoms with E-state index in [2.05, 4.69) is 157 Å². The molecule has 0 unspecified atom stereocenters. The molecule has 0 aliphatic heterocycles. The summed E-state index contributed by atoms with van der Waals surface area (Å²) in [5.74, 6) is 0. The number of para-hydroxylation sites is 2. The molecular formula is C44H27NO2. The Morgan fingerprint density at radius 2 is 0.894 bits per heavy atom. The van der Waals surface area contributed by atoms with Crippen molar-refractivity contribution in [3.8, 4) is 11.1 Å². The molecule has 0 atom stereocenters. The second kappa shape index (κ2) is 10.1. The maximum absolute atomic E-state index is 6.41. The van der Waals surface area contributed by atoms with Crippen molar-refractivity contribution in [3.63, 3.8) is 0 Å². The summed E-state index contributed by atoms with van der Waals surface area (Å²) in [4.78, 5) is 2.32. The molecule has 0 fully saturated rings. The van der Waals surface area contributed by atoms with Gasteiger partial charge in [-0.3, -0.25) is 0 Å². The van der Waals surface area contributed by atoms with Gasteiger partial charge in [0.1, 0.15) is 22.3 Å². The fourth-order valence-corrected chi connectivity index (χ4v) is 7.09. The SMILES string of the molecule is c1ccc(N(c2cccc(-c3ccc4c(c3)oc3cc5ccccc5cc34)c2)c2ccc3cc4c(cc3c2)oc2ccccc24)cc1. The zero-order valence-electron chi connectivity index (χ0n) is 25.4. The molecule has 10 rings (SSSR count). The lowest BCUT2D eigenvalue weighted by atomic mass is 10.0. The van der Waals surface area contributed by atoms with Crippen LogP contribution in [0, 0.1) is 0 Å². The summed E-state index contributed by atoms with van der Waals surface area (Å²) < 4.78 is 12.7. The fourth-order valence-electron chi connectivity index (χ4n) is 7.09. The Kier molecular flexibility index (Phi) is 5.57. The van der Waals surface area contributed by atoms with Crippen LogP contribution < -0.4 is 4.90 Å². The van der Waals surface area contributed by atoms with Crippen molar-refractivity contribution < 1.29 is 8.83 Å². The van der Waals surface area contributed by atoms with Gasteiger partial charge in [-0.1, -0.05) is 84.9 Å². The molecular weight excluding hydrogens is 574 g/mol. The van der Waals surface area contributed by atoms with Gasteiger partial charge in [-0.05, 0) is 112 Å². The zero-order valence-corrected chi connectivity index (χ0v) is 25.4. The van der Waals surface area contributed by atoms with Gasteiger partial charge in [0.05, 0.1) is 0 Å². The highest BCUT2D eigenvalue weighted by atomic mass is 16.3. The Morgan fingerprint density at radius 1 is 0.298 bits per heavy atom. The molecule has 2 heterocycles. The van der Waals surface area contributed by atoms with E-state index in [1.165, 1.54) is 16.2 Å². The first-order valence-corrected chi connectivity index (χ1v) is 15.9. The van der Waals surface area contributed by atoms with Crippen LogP contribution in [0.1, 0.15) is 0 Å². The van der Waals surface area contributed by atoms with E-state index in [1.54, 1.807) is 0 Å². The number of anilines is 3. The van der Waals surface area contributed by atoms with Crippen molar-refractivity contribution in [2.24, 2.45) is 0 Å². The van der Waals surface area contributed by atoms with Gasteiger partial charge in [-0.25, -0.2) is 0 Å². The average molecular weight is 602 g/mol. The minimum absolute atomic E-state index is 0.893. The van der Waals surface area contributed by atoms with Gasteiger partial charge in [-0.15, -0.1) is 0 Å². The zero-order chi connectivity index (χ0) is 30.9. The minimum Gasteiger partial charge on any atom is -0.456 e. The highest BCUT2D eigenvalue weighted by molar-refractivity contribution is 6.12. The first-order valence-electron chi connectivity index (χ1n) is 15.9. The largest absolute Gasteiger partial charge is 0.456 e. The molecule has 3 heteroatoms. The fraction of sp³-hybridized carbons (Fsp3) is 0. The quantitative estimate of drug-likeness (QED) is 0.201. The van der Waals surface area contributed by atoms with Gasteiger partial charge in [0.15, 0.2) is 0 Å². The van der Waals surface area contributed by atoms with Crippen molar-refractivity contribution in [1.29, 1.82) is 0 Å². The monoisotopic (exact) mass is 601 g/mol. The number of fused-ring (bicyclic) bond motifs is 8. The Hall–Kier alpha value is -6.32. The van der Waals surface area contributed by atoms with E-state index in [1.807, 2.05) is 12.1 Å². The summed E-state index contributed by atoms with van der Waals surface area (Å²) >= 11 is 0. The summed E-state index contributed by atoms with van der Waals surface area (Å²) in [6.45, 7) is 0. The molecule has 0 amide bonds. The number of rotatable bonds is 4. The topological polar surface area (TPSA) is 29.5 Å². The third-order valence-electron chi connectivity index (χ3n) is 9.37. The number of hydrogen-bond acceptors (Lipinski definition) is 3. The summed E-state index contributed by atoms with van der Waals surface area (Å²) in [5, 5.41) is 9.28. The van der Waals surface area contributed by atoms with Crippen molar-refractivity contribution >= 4 is 82.5 Å². The molecule has 2 aromatic heterocycles. The molecule has 0 spiro atoms. The second-order valence-electron chi connectivity index (χ2n) is 12.2. The summed E-state index contributed by atoms with van der Waals surface area (Å²) in [6, 6.07) is 58.0. The lowest BCUT2D eigenvalue weighted by Gasteiger charge is -2.26. The van der Waals surface area contributed by atoms with Crippen LogP contribution in [0.4, 0.5) is 17.1 Å². The lowest BCUT2D eigenvalue weighted by molar-refractivity contribution is 0.669. The normalized spacial score (nSPS) is 11.8. The molecule has 3 nitrogen and oxygen atoms in total. The predicted molar refractivity (Wildman–Crippen MR) is 196 cm³/mol. The van der Waals surface area contributed by atoms with Crippen LogP contribution in [-0.2, 0) is 0 Å². The third kappa shape index (κ3) is 4.21. The van der Waals surface area contributed by atoms with Gasteiger partial charge in [0, 0.05) is 38.6 Å². The smallest absolute Gasteiger partial charge is 0.136 e. The van der Waals surface area contributed by atoms with E-state index >= 15 is 0 Å². The van der Waals surface area contributed by atoms with Gasteiger partial charge < -0.3 is 13.7 Å². The highest BCUT2D eigenvalue weighted by Gasteiger charge is 2.16. The van der Waals surface area contributed by atoms with Crippen molar-refractivity contribution in [3.05, 3.63) is 164 Å². The van der Waals surface area contributed by atoms with Crippen LogP contribution in [0.25, 0.3) is 76.5 Å². The summed E-state index contributed by atoms with van der Waals surface area (Å²) in [6.07, 6.45) is 0. The molecule has 220 valence electrons. The van der Waals surface area contributed by atoms with Gasteiger partial charge in [-0.2, -0.15) is 0 Å². The maximum atomic E-state index is 6.41. The highest BCUT2D eigenvalue weighted by Crippen LogP contribution is 2.40. The van der Waals surface area contributed by atoms with Crippen LogP contribution in [0.5, 0.6) is 0 Å². The van der Waals surface area contributed by atoms with E-state index in [-0.39, 0.29) is 0 Å². The molecule has 0 radical (unpaired) electrons. The van der Waals surface area contributed by atoms with Crippen LogP contribution in [0.3, 0.4) is 0 Å². The predicted octanol–water partition coefficient (Wildman–Crippen LogP) is 12.9. The van der Waals surface area contributed by atoms with Crippen LogP contribution in [-0.4, -0.2) is 0 Å². The van der Waals surface area contributed by atoms with Gasteiger partial charge in [0.25, 0.3) is 0 Å². The Morgan fingerprint density at radius 3 is 1.74 bits per heavy atom. The Bertz CT molecular complexity index is 2810. The van der Waals surface area contributed by atoms with Gasteiger partial charge >= 0.3 is 0 Å². The number of furan rings is 2. The molecule has 47 heavy (non-hydrogen) atoms. The van der Waals surface area contributed by atoms with Crippen LogP contribution >= 0.6 is 0 Å². The summed E-state index contributed by atoms with van der Waals surface area (Å²) in [5.41, 5.74) is 9.11. The minimum atomic E-state index is 0.893. The van der Waals surface area contributed by atoms with Crippen molar-refractivity contribution in [1.82, 2.24) is 0 Å². The van der Waals surface area contributed by atoms with Crippen LogP contribution in [0.2, 0.25) is 0 Å². The standard InChI is InChI=1S/C44H27NO2/c1-2-12-34(13-3-1)45(36-19-17-31-24-39-37-15-6-7-16-41(37)46-44(39)27-33(31)22-36)35-14-8-11-28(21-35)32-18-20-38-40-23-29-9-4-5-10-30(29)25-43(40)47-42(38)26-32/h1-27H.